The standard InChI is InChI=1S/C10H19F3O8/c1-2-8(18,10(19,20)21)7(9(11,12)13)6(17)5(16)4(15)3-14/h4-7,14-21H,2-3H2,1H3. The lowest BCUT2D eigenvalue weighted by Gasteiger charge is -2.44. The molecule has 5 atom stereocenters. The molecule has 0 saturated heterocycles. The summed E-state index contributed by atoms with van der Waals surface area (Å²) >= 11 is 0. The summed E-state index contributed by atoms with van der Waals surface area (Å²) in [7, 11) is 0. The Morgan fingerprint density at radius 2 is 1.33 bits per heavy atom. The van der Waals surface area contributed by atoms with E-state index in [0.29, 0.717) is 0 Å². The van der Waals surface area contributed by atoms with Gasteiger partial charge in [-0.05, 0) is 6.42 Å². The molecular formula is C10H19F3O8. The highest BCUT2D eigenvalue weighted by Crippen LogP contribution is 2.43. The van der Waals surface area contributed by atoms with Gasteiger partial charge >= 0.3 is 12.1 Å². The van der Waals surface area contributed by atoms with Gasteiger partial charge in [-0.2, -0.15) is 13.2 Å². The molecule has 11 heteroatoms. The van der Waals surface area contributed by atoms with Crippen molar-refractivity contribution in [3.8, 4) is 0 Å². The maximum absolute atomic E-state index is 13.0. The van der Waals surface area contributed by atoms with E-state index in [0.717, 1.165) is 6.92 Å². The summed E-state index contributed by atoms with van der Waals surface area (Å²) < 4.78 is 39.0. The van der Waals surface area contributed by atoms with Gasteiger partial charge in [-0.3, -0.25) is 0 Å². The Bertz CT molecular complexity index is 331. The van der Waals surface area contributed by atoms with Crippen LogP contribution in [0.15, 0.2) is 0 Å². The molecule has 0 spiro atoms. The molecule has 128 valence electrons. The first-order valence-electron chi connectivity index (χ1n) is 5.85. The van der Waals surface area contributed by atoms with Crippen molar-refractivity contribution in [3.63, 3.8) is 0 Å². The van der Waals surface area contributed by atoms with Gasteiger partial charge in [0.1, 0.15) is 18.1 Å². The van der Waals surface area contributed by atoms with E-state index in [1.165, 1.54) is 0 Å². The fourth-order valence-electron chi connectivity index (χ4n) is 1.95. The first-order chi connectivity index (χ1) is 9.24. The van der Waals surface area contributed by atoms with E-state index in [1.807, 2.05) is 0 Å². The smallest absolute Gasteiger partial charge is 0.394 e. The number of hydrogen-bond acceptors (Lipinski definition) is 8. The zero-order chi connectivity index (χ0) is 17.2. The van der Waals surface area contributed by atoms with Crippen molar-refractivity contribution < 1.29 is 54.0 Å². The molecule has 0 radical (unpaired) electrons. The van der Waals surface area contributed by atoms with Crippen molar-refractivity contribution in [2.24, 2.45) is 5.92 Å². The largest absolute Gasteiger partial charge is 0.397 e. The third-order valence-corrected chi connectivity index (χ3v) is 3.26. The van der Waals surface area contributed by atoms with E-state index in [-0.39, 0.29) is 0 Å². The Kier molecular flexibility index (Phi) is 6.54. The van der Waals surface area contributed by atoms with Crippen LogP contribution in [-0.2, 0) is 0 Å². The highest BCUT2D eigenvalue weighted by atomic mass is 19.4. The number of halogens is 3. The predicted octanol–water partition coefficient (Wildman–Crippen LogP) is -2.99. The topological polar surface area (TPSA) is 162 Å². The van der Waals surface area contributed by atoms with Crippen LogP contribution in [0.1, 0.15) is 13.3 Å². The van der Waals surface area contributed by atoms with Gasteiger partial charge in [0.25, 0.3) is 0 Å². The molecule has 0 aromatic rings. The van der Waals surface area contributed by atoms with Crippen LogP contribution in [-0.4, -0.2) is 83.5 Å². The minimum atomic E-state index is -5.49. The van der Waals surface area contributed by atoms with E-state index in [2.05, 4.69) is 0 Å². The summed E-state index contributed by atoms with van der Waals surface area (Å²) in [6, 6.07) is 0. The highest BCUT2D eigenvalue weighted by molar-refractivity contribution is 5.00. The van der Waals surface area contributed by atoms with Crippen molar-refractivity contribution in [1.82, 2.24) is 0 Å². The maximum Gasteiger partial charge on any atom is 0.397 e. The molecule has 0 aromatic heterocycles. The van der Waals surface area contributed by atoms with Crippen LogP contribution in [0.3, 0.4) is 0 Å². The predicted molar refractivity (Wildman–Crippen MR) is 59.3 cm³/mol. The lowest BCUT2D eigenvalue weighted by molar-refractivity contribution is -0.428. The molecule has 0 fully saturated rings. The van der Waals surface area contributed by atoms with Crippen LogP contribution in [0.4, 0.5) is 13.2 Å². The SMILES string of the molecule is CCC(O)(C(C(O)C(O)C(O)CO)C(F)(F)F)C(O)(O)O. The second-order valence-corrected chi connectivity index (χ2v) is 4.66. The van der Waals surface area contributed by atoms with E-state index in [4.69, 9.17) is 25.5 Å². The summed E-state index contributed by atoms with van der Waals surface area (Å²) in [6.07, 6.45) is -14.3. The number of rotatable bonds is 7. The van der Waals surface area contributed by atoms with Crippen LogP contribution in [0.2, 0.25) is 0 Å². The Labute approximate surface area is 117 Å². The van der Waals surface area contributed by atoms with Gasteiger partial charge < -0.3 is 40.9 Å². The summed E-state index contributed by atoms with van der Waals surface area (Å²) in [6.45, 7) is -0.340. The molecule has 0 amide bonds. The van der Waals surface area contributed by atoms with Crippen LogP contribution >= 0.6 is 0 Å². The van der Waals surface area contributed by atoms with Crippen molar-refractivity contribution in [2.75, 3.05) is 6.61 Å². The number of alkyl halides is 3. The van der Waals surface area contributed by atoms with Crippen LogP contribution in [0.5, 0.6) is 0 Å². The third kappa shape index (κ3) is 4.23. The zero-order valence-electron chi connectivity index (χ0n) is 10.9. The van der Waals surface area contributed by atoms with Gasteiger partial charge in [-0.1, -0.05) is 6.92 Å². The average molecular weight is 324 g/mol. The first kappa shape index (κ1) is 20.5. The van der Waals surface area contributed by atoms with E-state index in [9.17, 15) is 28.5 Å². The second-order valence-electron chi connectivity index (χ2n) is 4.66. The Hall–Kier alpha value is -0.530. The molecule has 21 heavy (non-hydrogen) atoms. The fourth-order valence-corrected chi connectivity index (χ4v) is 1.95. The molecule has 0 rings (SSSR count). The Morgan fingerprint density at radius 3 is 1.57 bits per heavy atom. The number of hydrogen-bond donors (Lipinski definition) is 8. The number of aliphatic hydroxyl groups excluding tert-OH is 4. The van der Waals surface area contributed by atoms with E-state index >= 15 is 0 Å². The van der Waals surface area contributed by atoms with Crippen molar-refractivity contribution in [3.05, 3.63) is 0 Å². The minimum absolute atomic E-state index is 0.859. The summed E-state index contributed by atoms with van der Waals surface area (Å²) in [5.41, 5.74) is -3.69. The first-order valence-corrected chi connectivity index (χ1v) is 5.85. The molecule has 0 heterocycles. The third-order valence-electron chi connectivity index (χ3n) is 3.26. The monoisotopic (exact) mass is 324 g/mol. The summed E-state index contributed by atoms with van der Waals surface area (Å²) in [4.78, 5) is 0. The van der Waals surface area contributed by atoms with Gasteiger partial charge in [-0.25, -0.2) is 0 Å². The Morgan fingerprint density at radius 1 is 0.905 bits per heavy atom. The maximum atomic E-state index is 13.0. The second kappa shape index (κ2) is 6.71. The van der Waals surface area contributed by atoms with Gasteiger partial charge in [0.05, 0.1) is 12.7 Å². The molecule has 5 unspecified atom stereocenters. The molecule has 0 aromatic carbocycles. The molecule has 0 saturated carbocycles. The van der Waals surface area contributed by atoms with Crippen molar-refractivity contribution in [2.45, 2.75) is 49.4 Å². The van der Waals surface area contributed by atoms with E-state index in [1.54, 1.807) is 0 Å². The van der Waals surface area contributed by atoms with Gasteiger partial charge in [-0.15, -0.1) is 0 Å². The van der Waals surface area contributed by atoms with Crippen LogP contribution in [0, 0.1) is 5.92 Å². The van der Waals surface area contributed by atoms with Crippen LogP contribution in [0.25, 0.3) is 0 Å². The molecule has 0 aliphatic carbocycles. The van der Waals surface area contributed by atoms with Gasteiger partial charge in [0, 0.05) is 0 Å². The molecule has 0 bridgehead atoms. The van der Waals surface area contributed by atoms with E-state index < -0.39 is 55.0 Å². The molecule has 0 aliphatic rings. The molecular weight excluding hydrogens is 305 g/mol. The molecule has 8 N–H and O–H groups in total. The quantitative estimate of drug-likeness (QED) is 0.230. The van der Waals surface area contributed by atoms with Gasteiger partial charge in [0.15, 0.2) is 5.60 Å². The van der Waals surface area contributed by atoms with Crippen LogP contribution < -0.4 is 0 Å². The minimum Gasteiger partial charge on any atom is -0.394 e. The van der Waals surface area contributed by atoms with Crippen molar-refractivity contribution >= 4 is 0 Å². The summed E-state index contributed by atoms with van der Waals surface area (Å²) in [5, 5.41) is 73.0. The normalized spacial score (nSPS) is 22.3. The average Bonchev–Trinajstić information content (AvgIpc) is 2.33. The molecule has 0 aliphatic heterocycles. The lowest BCUT2D eigenvalue weighted by atomic mass is 9.76. The lowest BCUT2D eigenvalue weighted by Crippen LogP contribution is -2.67. The Balaban J connectivity index is 5.81. The van der Waals surface area contributed by atoms with Gasteiger partial charge in [0.2, 0.25) is 0 Å². The highest BCUT2D eigenvalue weighted by Gasteiger charge is 2.65. The van der Waals surface area contributed by atoms with Crippen molar-refractivity contribution in [1.29, 1.82) is 0 Å². The molecule has 8 nitrogen and oxygen atoms in total. The zero-order valence-corrected chi connectivity index (χ0v) is 10.9. The fraction of sp³-hybridized carbons (Fsp3) is 1.00. The summed E-state index contributed by atoms with van der Waals surface area (Å²) in [5.74, 6) is -7.67. The number of aliphatic hydroxyl groups is 8.